The van der Waals surface area contributed by atoms with Gasteiger partial charge in [0.1, 0.15) is 5.82 Å². The van der Waals surface area contributed by atoms with E-state index in [1.165, 1.54) is 37.1 Å². The van der Waals surface area contributed by atoms with Crippen LogP contribution in [0.3, 0.4) is 0 Å². The Labute approximate surface area is 198 Å². The molecule has 1 saturated heterocycles. The number of thiazole rings is 1. The highest BCUT2D eigenvalue weighted by molar-refractivity contribution is 7.22. The van der Waals surface area contributed by atoms with Crippen LogP contribution in [0.1, 0.15) is 19.3 Å². The van der Waals surface area contributed by atoms with Crippen LogP contribution in [0.25, 0.3) is 21.3 Å². The van der Waals surface area contributed by atoms with Crippen molar-refractivity contribution in [3.8, 4) is 11.1 Å². The van der Waals surface area contributed by atoms with Crippen molar-refractivity contribution in [3.63, 3.8) is 0 Å². The molecule has 1 aliphatic carbocycles. The van der Waals surface area contributed by atoms with Gasteiger partial charge in [-0.2, -0.15) is 0 Å². The van der Waals surface area contributed by atoms with E-state index < -0.39 is 0 Å². The van der Waals surface area contributed by atoms with E-state index in [0.29, 0.717) is 0 Å². The van der Waals surface area contributed by atoms with Crippen LogP contribution in [0.2, 0.25) is 0 Å². The number of aromatic nitrogens is 3. The van der Waals surface area contributed by atoms with Crippen LogP contribution in [0, 0.1) is 5.92 Å². The molecular weight excluding hydrogens is 428 g/mol. The summed E-state index contributed by atoms with van der Waals surface area (Å²) in [5.74, 6) is 1.86. The molecule has 4 aromatic rings. The second-order valence-corrected chi connectivity index (χ2v) is 10.1. The third-order valence-corrected chi connectivity index (χ3v) is 7.60. The van der Waals surface area contributed by atoms with Crippen molar-refractivity contribution in [1.82, 2.24) is 19.9 Å². The Balaban J connectivity index is 1.13. The number of fused-ring (bicyclic) bond motifs is 1. The first-order valence-corrected chi connectivity index (χ1v) is 12.6. The van der Waals surface area contributed by atoms with E-state index in [9.17, 15) is 0 Å². The van der Waals surface area contributed by atoms with Gasteiger partial charge < -0.3 is 10.2 Å². The number of nitrogens with zero attached hydrogens (tertiary/aromatic N) is 5. The zero-order valence-corrected chi connectivity index (χ0v) is 19.5. The fourth-order valence-electron chi connectivity index (χ4n) is 4.50. The number of piperazine rings is 1. The summed E-state index contributed by atoms with van der Waals surface area (Å²) in [5, 5.41) is 4.30. The van der Waals surface area contributed by atoms with Gasteiger partial charge in [0.05, 0.1) is 10.2 Å². The normalized spacial score (nSPS) is 16.9. The van der Waals surface area contributed by atoms with Crippen LogP contribution in [0.4, 0.5) is 16.6 Å². The van der Waals surface area contributed by atoms with Crippen LogP contribution in [0.5, 0.6) is 0 Å². The van der Waals surface area contributed by atoms with Crippen molar-refractivity contribution < 1.29 is 0 Å². The maximum Gasteiger partial charge on any atom is 0.189 e. The number of benzene rings is 1. The molecule has 6 rings (SSSR count). The van der Waals surface area contributed by atoms with Crippen molar-refractivity contribution >= 4 is 38.2 Å². The molecule has 0 unspecified atom stereocenters. The van der Waals surface area contributed by atoms with Crippen LogP contribution in [-0.4, -0.2) is 52.6 Å². The van der Waals surface area contributed by atoms with Gasteiger partial charge in [0.25, 0.3) is 0 Å². The minimum Gasteiger partial charge on any atom is -0.369 e. The lowest BCUT2D eigenvalue weighted by Crippen LogP contribution is -2.46. The number of nitrogens with one attached hydrogen (secondary N) is 1. The standard InChI is InChI=1S/C26H28N6S/c1-2-19(1)8-12-31-13-15-32(16-14-31)22-7-11-28-25(18-22)30-26-29-23-4-3-21(17-24(23)33-26)20-5-9-27-10-6-20/h3-7,9-11,17-19H,1-2,8,12-16H2,(H,28,29,30). The Morgan fingerprint density at radius 2 is 1.76 bits per heavy atom. The van der Waals surface area contributed by atoms with E-state index in [2.05, 4.69) is 55.4 Å². The van der Waals surface area contributed by atoms with E-state index in [1.807, 2.05) is 30.7 Å². The smallest absolute Gasteiger partial charge is 0.189 e. The Morgan fingerprint density at radius 1 is 0.909 bits per heavy atom. The van der Waals surface area contributed by atoms with E-state index in [-0.39, 0.29) is 0 Å². The molecule has 2 fully saturated rings. The highest BCUT2D eigenvalue weighted by Gasteiger charge is 2.23. The number of rotatable bonds is 7. The maximum absolute atomic E-state index is 4.77. The number of hydrogen-bond acceptors (Lipinski definition) is 7. The third kappa shape index (κ3) is 4.84. The Kier molecular flexibility index (Phi) is 5.66. The molecule has 0 bridgehead atoms. The molecule has 1 aliphatic heterocycles. The first-order chi connectivity index (χ1) is 16.3. The van der Waals surface area contributed by atoms with Crippen molar-refractivity contribution in [2.75, 3.05) is 42.9 Å². The molecule has 1 aromatic carbocycles. The quantitative estimate of drug-likeness (QED) is 0.401. The lowest BCUT2D eigenvalue weighted by Gasteiger charge is -2.36. The lowest BCUT2D eigenvalue weighted by molar-refractivity contribution is 0.250. The molecule has 0 spiro atoms. The molecule has 33 heavy (non-hydrogen) atoms. The first-order valence-electron chi connectivity index (χ1n) is 11.8. The van der Waals surface area contributed by atoms with Gasteiger partial charge in [-0.25, -0.2) is 9.97 Å². The molecule has 0 atom stereocenters. The first kappa shape index (κ1) is 20.6. The van der Waals surface area contributed by atoms with Crippen molar-refractivity contribution in [1.29, 1.82) is 0 Å². The second kappa shape index (κ2) is 9.08. The van der Waals surface area contributed by atoms with E-state index in [1.54, 1.807) is 11.3 Å². The molecule has 2 aliphatic rings. The summed E-state index contributed by atoms with van der Waals surface area (Å²) in [6.07, 6.45) is 9.83. The summed E-state index contributed by atoms with van der Waals surface area (Å²) in [7, 11) is 0. The predicted molar refractivity (Wildman–Crippen MR) is 136 cm³/mol. The fraction of sp³-hybridized carbons (Fsp3) is 0.346. The summed E-state index contributed by atoms with van der Waals surface area (Å²) in [5.41, 5.74) is 4.57. The van der Waals surface area contributed by atoms with Gasteiger partial charge in [-0.15, -0.1) is 0 Å². The minimum atomic E-state index is 0.845. The van der Waals surface area contributed by atoms with Gasteiger partial charge in [0, 0.05) is 56.5 Å². The van der Waals surface area contributed by atoms with Crippen LogP contribution in [-0.2, 0) is 0 Å². The average Bonchev–Trinajstić information content (AvgIpc) is 3.61. The van der Waals surface area contributed by atoms with Gasteiger partial charge in [0.15, 0.2) is 5.13 Å². The van der Waals surface area contributed by atoms with Crippen molar-refractivity contribution in [3.05, 3.63) is 61.1 Å². The molecule has 7 heteroatoms. The maximum atomic E-state index is 4.77. The molecule has 0 amide bonds. The Morgan fingerprint density at radius 3 is 2.58 bits per heavy atom. The summed E-state index contributed by atoms with van der Waals surface area (Å²) in [4.78, 5) is 18.5. The van der Waals surface area contributed by atoms with Crippen LogP contribution in [0.15, 0.2) is 61.1 Å². The topological polar surface area (TPSA) is 57.2 Å². The Bertz CT molecular complexity index is 1230. The summed E-state index contributed by atoms with van der Waals surface area (Å²) in [6, 6.07) is 14.7. The Hall–Kier alpha value is -3.03. The van der Waals surface area contributed by atoms with Crippen LogP contribution < -0.4 is 10.2 Å². The highest BCUT2D eigenvalue weighted by Crippen LogP contribution is 2.33. The summed E-state index contributed by atoms with van der Waals surface area (Å²) in [6.45, 7) is 5.72. The largest absolute Gasteiger partial charge is 0.369 e. The molecule has 1 N–H and O–H groups in total. The zero-order valence-electron chi connectivity index (χ0n) is 18.7. The summed E-state index contributed by atoms with van der Waals surface area (Å²) >= 11 is 1.66. The molecule has 3 aromatic heterocycles. The highest BCUT2D eigenvalue weighted by atomic mass is 32.1. The van der Waals surface area contributed by atoms with Crippen LogP contribution >= 0.6 is 11.3 Å². The predicted octanol–water partition coefficient (Wildman–Crippen LogP) is 5.42. The molecule has 4 heterocycles. The molecule has 0 radical (unpaired) electrons. The molecule has 1 saturated carbocycles. The van der Waals surface area contributed by atoms with Crippen molar-refractivity contribution in [2.45, 2.75) is 19.3 Å². The SMILES string of the molecule is c1cc(-c2ccc3nc(Nc4cc(N5CCN(CCC6CC6)CC5)ccn4)sc3c2)ccn1. The monoisotopic (exact) mass is 456 g/mol. The number of anilines is 3. The van der Waals surface area contributed by atoms with Gasteiger partial charge in [-0.05, 0) is 60.3 Å². The van der Waals surface area contributed by atoms with Gasteiger partial charge in [0.2, 0.25) is 0 Å². The number of hydrogen-bond donors (Lipinski definition) is 1. The van der Waals surface area contributed by atoms with Gasteiger partial charge in [-0.3, -0.25) is 9.88 Å². The molecule has 168 valence electrons. The average molecular weight is 457 g/mol. The van der Waals surface area contributed by atoms with E-state index >= 15 is 0 Å². The third-order valence-electron chi connectivity index (χ3n) is 6.67. The zero-order chi connectivity index (χ0) is 22.0. The lowest BCUT2D eigenvalue weighted by atomic mass is 10.1. The van der Waals surface area contributed by atoms with E-state index in [0.717, 1.165) is 58.8 Å². The summed E-state index contributed by atoms with van der Waals surface area (Å²) < 4.78 is 1.16. The minimum absolute atomic E-state index is 0.845. The molecule has 6 nitrogen and oxygen atoms in total. The number of pyridine rings is 2. The molecular formula is C26H28N6S. The second-order valence-electron chi connectivity index (χ2n) is 9.02. The van der Waals surface area contributed by atoms with Crippen molar-refractivity contribution in [2.24, 2.45) is 5.92 Å². The van der Waals surface area contributed by atoms with Gasteiger partial charge in [-0.1, -0.05) is 30.2 Å². The van der Waals surface area contributed by atoms with E-state index in [4.69, 9.17) is 4.98 Å². The van der Waals surface area contributed by atoms with Gasteiger partial charge >= 0.3 is 0 Å². The fourth-order valence-corrected chi connectivity index (χ4v) is 5.41.